The molecule has 0 saturated heterocycles. The number of benzene rings is 1. The van der Waals surface area contributed by atoms with Crippen molar-refractivity contribution in [1.82, 2.24) is 4.98 Å². The van der Waals surface area contributed by atoms with Crippen molar-refractivity contribution in [2.75, 3.05) is 7.11 Å². The minimum absolute atomic E-state index is 0.334. The lowest BCUT2D eigenvalue weighted by Gasteiger charge is -2.00. The van der Waals surface area contributed by atoms with Gasteiger partial charge in [0.2, 0.25) is 5.89 Å². The number of hydrogen-bond donors (Lipinski definition) is 0. The van der Waals surface area contributed by atoms with Crippen molar-refractivity contribution in [2.45, 2.75) is 0 Å². The highest BCUT2D eigenvalue weighted by atomic mass is 35.5. The molecule has 78 valence electrons. The molecule has 0 saturated carbocycles. The molecule has 15 heavy (non-hydrogen) atoms. The van der Waals surface area contributed by atoms with Crippen LogP contribution in [0.25, 0.3) is 11.5 Å². The molecule has 0 bridgehead atoms. The predicted octanol–water partition coefficient (Wildman–Crippen LogP) is 3.66. The van der Waals surface area contributed by atoms with Crippen LogP contribution in [0.2, 0.25) is 10.0 Å². The van der Waals surface area contributed by atoms with Crippen LogP contribution in [-0.4, -0.2) is 12.1 Å². The largest absolute Gasteiger partial charge is 0.467 e. The van der Waals surface area contributed by atoms with E-state index in [1.54, 1.807) is 18.2 Å². The van der Waals surface area contributed by atoms with Crippen molar-refractivity contribution in [3.63, 3.8) is 0 Å². The van der Waals surface area contributed by atoms with Crippen LogP contribution in [0.5, 0.6) is 5.95 Å². The summed E-state index contributed by atoms with van der Waals surface area (Å²) in [6.45, 7) is 0. The molecular formula is C10H7Cl2NO2. The van der Waals surface area contributed by atoms with Crippen molar-refractivity contribution in [2.24, 2.45) is 0 Å². The van der Waals surface area contributed by atoms with Crippen LogP contribution in [0.15, 0.2) is 28.8 Å². The molecule has 3 nitrogen and oxygen atoms in total. The van der Waals surface area contributed by atoms with Crippen LogP contribution >= 0.6 is 23.2 Å². The van der Waals surface area contributed by atoms with Gasteiger partial charge in [-0.25, -0.2) is 4.98 Å². The zero-order valence-electron chi connectivity index (χ0n) is 7.83. The molecule has 0 aliphatic rings. The minimum atomic E-state index is 0.334. The van der Waals surface area contributed by atoms with Crippen molar-refractivity contribution >= 4 is 23.2 Å². The predicted molar refractivity (Wildman–Crippen MR) is 58.5 cm³/mol. The lowest BCUT2D eigenvalue weighted by Crippen LogP contribution is -1.79. The molecule has 0 spiro atoms. The third kappa shape index (κ3) is 1.94. The first-order valence-electron chi connectivity index (χ1n) is 4.16. The second kappa shape index (κ2) is 4.13. The Labute approximate surface area is 96.6 Å². The highest BCUT2D eigenvalue weighted by Crippen LogP contribution is 2.33. The molecule has 0 radical (unpaired) electrons. The molecule has 1 heterocycles. The number of aromatic nitrogens is 1. The van der Waals surface area contributed by atoms with Crippen molar-refractivity contribution < 1.29 is 9.15 Å². The van der Waals surface area contributed by atoms with Gasteiger partial charge in [-0.2, -0.15) is 0 Å². The molecule has 0 fully saturated rings. The maximum absolute atomic E-state index is 6.01. The molecule has 0 amide bonds. The van der Waals surface area contributed by atoms with Crippen LogP contribution in [0.3, 0.4) is 0 Å². The fourth-order valence-corrected chi connectivity index (χ4v) is 1.53. The molecule has 5 heteroatoms. The van der Waals surface area contributed by atoms with Crippen LogP contribution in [-0.2, 0) is 0 Å². The van der Waals surface area contributed by atoms with Gasteiger partial charge in [0.25, 0.3) is 0 Å². The minimum Gasteiger partial charge on any atom is -0.467 e. The van der Waals surface area contributed by atoms with Gasteiger partial charge >= 0.3 is 5.95 Å². The van der Waals surface area contributed by atoms with Gasteiger partial charge in [-0.05, 0) is 12.1 Å². The lowest BCUT2D eigenvalue weighted by atomic mass is 10.2. The molecule has 1 aromatic carbocycles. The number of methoxy groups -OCH3 is 1. The molecule has 0 atom stereocenters. The van der Waals surface area contributed by atoms with Crippen LogP contribution < -0.4 is 4.74 Å². The quantitative estimate of drug-likeness (QED) is 0.808. The molecule has 2 rings (SSSR count). The van der Waals surface area contributed by atoms with Crippen LogP contribution in [0.4, 0.5) is 0 Å². The van der Waals surface area contributed by atoms with Gasteiger partial charge < -0.3 is 9.15 Å². The number of halogens is 2. The van der Waals surface area contributed by atoms with E-state index in [-0.39, 0.29) is 0 Å². The summed E-state index contributed by atoms with van der Waals surface area (Å²) in [7, 11) is 1.50. The SMILES string of the molecule is COc1cnc(-c2cccc(Cl)c2Cl)o1. The first kappa shape index (κ1) is 10.3. The Morgan fingerprint density at radius 1 is 1.33 bits per heavy atom. The third-order valence-electron chi connectivity index (χ3n) is 1.87. The number of ether oxygens (including phenoxy) is 1. The fraction of sp³-hybridized carbons (Fsp3) is 0.100. The molecule has 0 unspecified atom stereocenters. The van der Waals surface area contributed by atoms with Crippen molar-refractivity contribution in [3.8, 4) is 17.4 Å². The highest BCUT2D eigenvalue weighted by Gasteiger charge is 2.12. The van der Waals surface area contributed by atoms with Gasteiger partial charge in [0.1, 0.15) is 6.20 Å². The summed E-state index contributed by atoms with van der Waals surface area (Å²) in [6, 6.07) is 5.26. The maximum Gasteiger partial charge on any atom is 0.305 e. The van der Waals surface area contributed by atoms with Gasteiger partial charge in [0.15, 0.2) is 0 Å². The first-order chi connectivity index (χ1) is 7.22. The molecular weight excluding hydrogens is 237 g/mol. The Hall–Kier alpha value is -1.19. The summed E-state index contributed by atoms with van der Waals surface area (Å²) in [5.74, 6) is 0.723. The summed E-state index contributed by atoms with van der Waals surface area (Å²) in [5, 5.41) is 0.884. The van der Waals surface area contributed by atoms with E-state index in [4.69, 9.17) is 32.4 Å². The van der Waals surface area contributed by atoms with E-state index in [0.29, 0.717) is 27.4 Å². The van der Waals surface area contributed by atoms with E-state index in [2.05, 4.69) is 4.98 Å². The van der Waals surface area contributed by atoms with E-state index in [1.165, 1.54) is 13.3 Å². The Kier molecular flexibility index (Phi) is 2.84. The van der Waals surface area contributed by atoms with Gasteiger partial charge in [0, 0.05) is 0 Å². The topological polar surface area (TPSA) is 35.3 Å². The van der Waals surface area contributed by atoms with Crippen LogP contribution in [0, 0.1) is 0 Å². The highest BCUT2D eigenvalue weighted by molar-refractivity contribution is 6.43. The molecule has 1 aromatic heterocycles. The summed E-state index contributed by atoms with van der Waals surface area (Å²) in [6.07, 6.45) is 1.48. The molecule has 0 aliphatic heterocycles. The first-order valence-corrected chi connectivity index (χ1v) is 4.92. The van der Waals surface area contributed by atoms with Gasteiger partial charge in [-0.1, -0.05) is 29.3 Å². The summed E-state index contributed by atoms with van der Waals surface area (Å²) in [5.41, 5.74) is 0.646. The summed E-state index contributed by atoms with van der Waals surface area (Å²) >= 11 is 11.9. The lowest BCUT2D eigenvalue weighted by molar-refractivity contribution is 0.309. The monoisotopic (exact) mass is 243 g/mol. The second-order valence-electron chi connectivity index (χ2n) is 2.79. The summed E-state index contributed by atoms with van der Waals surface area (Å²) < 4.78 is 10.2. The third-order valence-corrected chi connectivity index (χ3v) is 2.69. The number of oxazole rings is 1. The average Bonchev–Trinajstić information content (AvgIpc) is 2.70. The number of hydrogen-bond acceptors (Lipinski definition) is 3. The van der Waals surface area contributed by atoms with E-state index in [1.807, 2.05) is 0 Å². The molecule has 0 aliphatic carbocycles. The maximum atomic E-state index is 6.01. The molecule has 2 aromatic rings. The van der Waals surface area contributed by atoms with Crippen molar-refractivity contribution in [3.05, 3.63) is 34.4 Å². The smallest absolute Gasteiger partial charge is 0.305 e. The Bertz CT molecular complexity index is 482. The second-order valence-corrected chi connectivity index (χ2v) is 3.58. The Morgan fingerprint density at radius 3 is 2.80 bits per heavy atom. The Balaban J connectivity index is 2.49. The fourth-order valence-electron chi connectivity index (χ4n) is 1.15. The van der Waals surface area contributed by atoms with E-state index in [9.17, 15) is 0 Å². The number of nitrogens with zero attached hydrogens (tertiary/aromatic N) is 1. The van der Waals surface area contributed by atoms with Gasteiger partial charge in [-0.3, -0.25) is 0 Å². The zero-order chi connectivity index (χ0) is 10.8. The van der Waals surface area contributed by atoms with E-state index in [0.717, 1.165) is 0 Å². The standard InChI is InChI=1S/C10H7Cl2NO2/c1-14-8-5-13-10(15-8)6-3-2-4-7(11)9(6)12/h2-5H,1H3. The van der Waals surface area contributed by atoms with E-state index < -0.39 is 0 Å². The van der Waals surface area contributed by atoms with Gasteiger partial charge in [0.05, 0.1) is 22.7 Å². The van der Waals surface area contributed by atoms with Gasteiger partial charge in [-0.15, -0.1) is 0 Å². The van der Waals surface area contributed by atoms with Crippen LogP contribution in [0.1, 0.15) is 0 Å². The Morgan fingerprint density at radius 2 is 2.13 bits per heavy atom. The van der Waals surface area contributed by atoms with E-state index >= 15 is 0 Å². The summed E-state index contributed by atoms with van der Waals surface area (Å²) in [4.78, 5) is 4.02. The number of rotatable bonds is 2. The zero-order valence-corrected chi connectivity index (χ0v) is 9.34. The van der Waals surface area contributed by atoms with Crippen molar-refractivity contribution in [1.29, 1.82) is 0 Å². The normalized spacial score (nSPS) is 10.3. The average molecular weight is 244 g/mol. The molecule has 0 N–H and O–H groups in total.